The summed E-state index contributed by atoms with van der Waals surface area (Å²) in [6, 6.07) is 0. The molecule has 1 nitrogen and oxygen atoms in total. The van der Waals surface area contributed by atoms with E-state index in [9.17, 15) is 4.55 Å². The van der Waals surface area contributed by atoms with E-state index < -0.39 is 10.2 Å². The lowest BCUT2D eigenvalue weighted by Gasteiger charge is -2.11. The molecule has 1 fully saturated rings. The summed E-state index contributed by atoms with van der Waals surface area (Å²) in [5.74, 6) is 1.97. The van der Waals surface area contributed by atoms with E-state index in [1.807, 2.05) is 11.8 Å². The molecule has 0 aromatic heterocycles. The van der Waals surface area contributed by atoms with Crippen molar-refractivity contribution in [2.24, 2.45) is 0 Å². The molecule has 0 bridgehead atoms. The van der Waals surface area contributed by atoms with Crippen LogP contribution in [0.3, 0.4) is 0 Å². The van der Waals surface area contributed by atoms with Crippen LogP contribution in [-0.4, -0.2) is 21.1 Å². The Bertz CT molecular complexity index is 52.1. The zero-order chi connectivity index (χ0) is 5.11. The average molecular weight is 154 g/mol. The Morgan fingerprint density at radius 1 is 1.57 bits per heavy atom. The number of hydrogen-bond acceptors (Lipinski definition) is 3. The minimum atomic E-state index is -0.544. The third-order valence-electron chi connectivity index (χ3n) is 0.657. The van der Waals surface area contributed by atoms with Gasteiger partial charge in [0.25, 0.3) is 0 Å². The molecule has 0 N–H and O–H groups in total. The van der Waals surface area contributed by atoms with E-state index in [1.54, 1.807) is 10.8 Å². The molecule has 42 valence electrons. The highest BCUT2D eigenvalue weighted by atomic mass is 33.1. The molecule has 1 aliphatic rings. The summed E-state index contributed by atoms with van der Waals surface area (Å²) in [6.07, 6.45) is 0. The Morgan fingerprint density at radius 2 is 2.43 bits per heavy atom. The van der Waals surface area contributed by atoms with Gasteiger partial charge >= 0.3 is 0 Å². The molecule has 0 spiro atoms. The molecule has 1 saturated heterocycles. The monoisotopic (exact) mass is 154 g/mol. The van der Waals surface area contributed by atoms with Crippen LogP contribution in [0.15, 0.2) is 0 Å². The van der Waals surface area contributed by atoms with Crippen molar-refractivity contribution in [3.8, 4) is 0 Å². The van der Waals surface area contributed by atoms with Crippen molar-refractivity contribution in [1.29, 1.82) is 0 Å². The fourth-order valence-electron chi connectivity index (χ4n) is 0.333. The first-order chi connectivity index (χ1) is 3.39. The average Bonchev–Trinajstić information content (AvgIpc) is 1.69. The minimum Gasteiger partial charge on any atom is -0.605 e. The van der Waals surface area contributed by atoms with E-state index in [1.165, 1.54) is 0 Å². The van der Waals surface area contributed by atoms with Gasteiger partial charge in [0.1, 0.15) is 16.5 Å². The highest BCUT2D eigenvalue weighted by Crippen LogP contribution is 2.25. The Labute approximate surface area is 54.2 Å². The van der Waals surface area contributed by atoms with Crippen LogP contribution in [0.4, 0.5) is 0 Å². The number of rotatable bonds is 0. The summed E-state index contributed by atoms with van der Waals surface area (Å²) in [5.41, 5.74) is 0. The summed E-state index contributed by atoms with van der Waals surface area (Å²) >= 11 is 1.87. The van der Waals surface area contributed by atoms with E-state index in [0.29, 0.717) is 0 Å². The molecular formula is C3H6OS3. The second-order valence-electron chi connectivity index (χ2n) is 1.15. The van der Waals surface area contributed by atoms with Crippen molar-refractivity contribution >= 4 is 32.8 Å². The molecule has 0 aromatic rings. The summed E-state index contributed by atoms with van der Waals surface area (Å²) in [5, 5.41) is 1.02. The fourth-order valence-corrected chi connectivity index (χ4v) is 5.18. The van der Waals surface area contributed by atoms with Gasteiger partial charge in [-0.2, -0.15) is 0 Å². The first-order valence-corrected chi connectivity index (χ1v) is 5.96. The van der Waals surface area contributed by atoms with Crippen molar-refractivity contribution in [2.75, 3.05) is 16.6 Å². The van der Waals surface area contributed by atoms with Gasteiger partial charge in [-0.05, 0) is 0 Å². The lowest BCUT2D eigenvalue weighted by Crippen LogP contribution is -2.08. The van der Waals surface area contributed by atoms with Gasteiger partial charge in [-0.15, -0.1) is 11.8 Å². The van der Waals surface area contributed by atoms with E-state index in [4.69, 9.17) is 0 Å². The molecular weight excluding hydrogens is 148 g/mol. The Hall–Kier alpha value is 1.01. The van der Waals surface area contributed by atoms with E-state index >= 15 is 0 Å². The van der Waals surface area contributed by atoms with Crippen LogP contribution in [0.5, 0.6) is 0 Å². The Morgan fingerprint density at radius 3 is 2.71 bits per heavy atom. The molecule has 1 atom stereocenters. The topological polar surface area (TPSA) is 23.1 Å². The van der Waals surface area contributed by atoms with Crippen molar-refractivity contribution < 1.29 is 4.55 Å². The van der Waals surface area contributed by atoms with Crippen LogP contribution in [0.25, 0.3) is 0 Å². The quantitative estimate of drug-likeness (QED) is 0.385. The lowest BCUT2D eigenvalue weighted by atomic mass is 11.0. The molecule has 0 aromatic carbocycles. The normalized spacial score (nSPS) is 33.0. The van der Waals surface area contributed by atoms with E-state index in [-0.39, 0.29) is 0 Å². The van der Waals surface area contributed by atoms with Crippen molar-refractivity contribution in [1.82, 2.24) is 0 Å². The molecule has 0 saturated carbocycles. The third kappa shape index (κ3) is 2.17. The maximum atomic E-state index is 10.5. The van der Waals surface area contributed by atoms with Crippen molar-refractivity contribution in [3.05, 3.63) is 0 Å². The molecule has 1 heterocycles. The number of hydrogen-bond donors (Lipinski definition) is 0. The molecule has 7 heavy (non-hydrogen) atoms. The van der Waals surface area contributed by atoms with E-state index in [0.717, 1.165) is 16.6 Å². The maximum absolute atomic E-state index is 10.5. The Kier molecular flexibility index (Phi) is 2.73. The predicted octanol–water partition coefficient (Wildman–Crippen LogP) is 1.09. The molecule has 0 radical (unpaired) electrons. The zero-order valence-corrected chi connectivity index (χ0v) is 6.20. The molecule has 0 aliphatic carbocycles. The van der Waals surface area contributed by atoms with Crippen LogP contribution in [0, 0.1) is 0 Å². The third-order valence-corrected chi connectivity index (χ3v) is 5.42. The molecule has 4 heteroatoms. The van der Waals surface area contributed by atoms with Crippen LogP contribution < -0.4 is 0 Å². The summed E-state index contributed by atoms with van der Waals surface area (Å²) in [4.78, 5) is 0. The van der Waals surface area contributed by atoms with Crippen molar-refractivity contribution in [2.45, 2.75) is 0 Å². The summed E-state index contributed by atoms with van der Waals surface area (Å²) < 4.78 is 10.5. The smallest absolute Gasteiger partial charge is 0.127 e. The Balaban J connectivity index is 2.12. The summed E-state index contributed by atoms with van der Waals surface area (Å²) in [6.45, 7) is 0. The van der Waals surface area contributed by atoms with Gasteiger partial charge < -0.3 is 4.55 Å². The molecule has 1 unspecified atom stereocenters. The van der Waals surface area contributed by atoms with Gasteiger partial charge in [-0.1, -0.05) is 0 Å². The second-order valence-corrected chi connectivity index (χ2v) is 5.99. The second kappa shape index (κ2) is 3.12. The maximum Gasteiger partial charge on any atom is 0.127 e. The molecule has 0 amide bonds. The highest BCUT2D eigenvalue weighted by Gasteiger charge is 2.12. The van der Waals surface area contributed by atoms with Gasteiger partial charge in [0.2, 0.25) is 0 Å². The first kappa shape index (κ1) is 6.13. The van der Waals surface area contributed by atoms with Gasteiger partial charge in [-0.3, -0.25) is 0 Å². The number of thioether (sulfide) groups is 1. The van der Waals surface area contributed by atoms with Gasteiger partial charge in [0.15, 0.2) is 0 Å². The standard InChI is InChI=1S/C3H6OS3/c4-7-2-1-5-3-6-7/h1-3H2. The highest BCUT2D eigenvalue weighted by molar-refractivity contribution is 8.74. The largest absolute Gasteiger partial charge is 0.605 e. The van der Waals surface area contributed by atoms with Crippen LogP contribution in [0.1, 0.15) is 0 Å². The molecule has 1 aliphatic heterocycles. The van der Waals surface area contributed by atoms with Gasteiger partial charge in [0.05, 0.1) is 5.08 Å². The minimum absolute atomic E-state index is 0.544. The lowest BCUT2D eigenvalue weighted by molar-refractivity contribution is 0.610. The van der Waals surface area contributed by atoms with Crippen LogP contribution in [-0.2, 0) is 10.2 Å². The van der Waals surface area contributed by atoms with Gasteiger partial charge in [0, 0.05) is 16.0 Å². The first-order valence-electron chi connectivity index (χ1n) is 1.99. The van der Waals surface area contributed by atoms with Crippen molar-refractivity contribution in [3.63, 3.8) is 0 Å². The van der Waals surface area contributed by atoms with E-state index in [2.05, 4.69) is 0 Å². The van der Waals surface area contributed by atoms with Crippen LogP contribution in [0.2, 0.25) is 0 Å². The predicted molar refractivity (Wildman–Crippen MR) is 37.9 cm³/mol. The SMILES string of the molecule is [O-][S+]1CCSCS1. The molecule has 1 rings (SSSR count). The van der Waals surface area contributed by atoms with Gasteiger partial charge in [-0.25, -0.2) is 0 Å². The zero-order valence-electron chi connectivity index (χ0n) is 3.75. The van der Waals surface area contributed by atoms with Crippen LogP contribution >= 0.6 is 22.6 Å². The summed E-state index contributed by atoms with van der Waals surface area (Å²) in [7, 11) is 1.01. The fraction of sp³-hybridized carbons (Fsp3) is 1.00.